The zero-order valence-electron chi connectivity index (χ0n) is 6.55. The van der Waals surface area contributed by atoms with Crippen molar-refractivity contribution in [3.05, 3.63) is 10.1 Å². The first kappa shape index (κ1) is 12.6. The molecule has 0 aromatic carbocycles. The molecule has 1 N–H and O–H groups in total. The lowest BCUT2D eigenvalue weighted by Gasteiger charge is -2.18. The Hall–Kier alpha value is -1.41. The summed E-state index contributed by atoms with van der Waals surface area (Å²) in [5.74, 6) is -6.43. The predicted octanol–water partition coefficient (Wildman–Crippen LogP) is 1.36. The van der Waals surface area contributed by atoms with Crippen LogP contribution in [0, 0.1) is 10.1 Å². The molecule has 0 aliphatic carbocycles. The van der Waals surface area contributed by atoms with E-state index in [-0.39, 0.29) is 0 Å². The number of nitro groups is 1. The minimum Gasteiger partial charge on any atom is -0.481 e. The summed E-state index contributed by atoms with van der Waals surface area (Å²) >= 11 is 0. The molecule has 0 heterocycles. The summed E-state index contributed by atoms with van der Waals surface area (Å²) in [6.45, 7) is 0. The Balaban J connectivity index is 4.75. The van der Waals surface area contributed by atoms with Crippen molar-refractivity contribution in [2.45, 2.75) is 24.8 Å². The van der Waals surface area contributed by atoms with Gasteiger partial charge in [0.05, 0.1) is 17.8 Å². The minimum absolute atomic E-state index is 1.27. The predicted molar refractivity (Wildman–Crippen MR) is 33.8 cm³/mol. The number of hydrogen-bond acceptors (Lipinski definition) is 3. The summed E-state index contributed by atoms with van der Waals surface area (Å²) < 4.78 is 48.1. The van der Waals surface area contributed by atoms with Crippen LogP contribution in [0.25, 0.3) is 0 Å². The van der Waals surface area contributed by atoms with Crippen molar-refractivity contribution < 1.29 is 32.4 Å². The maximum Gasteiger partial charge on any atom is 0.494 e. The van der Waals surface area contributed by atoms with Gasteiger partial charge in [-0.25, -0.2) is 0 Å². The first-order valence-electron chi connectivity index (χ1n) is 3.23. The number of aliphatic carboxylic acids is 1. The fourth-order valence-corrected chi connectivity index (χ4v) is 0.609. The second kappa shape index (κ2) is 3.76. The molecule has 0 bridgehead atoms. The topological polar surface area (TPSA) is 80.4 Å². The number of halogens is 4. The average molecular weight is 219 g/mol. The van der Waals surface area contributed by atoms with Gasteiger partial charge in [0.1, 0.15) is 0 Å². The molecule has 0 radical (unpaired) electrons. The molecule has 0 spiro atoms. The molecule has 1 unspecified atom stereocenters. The van der Waals surface area contributed by atoms with Crippen molar-refractivity contribution in [1.82, 2.24) is 0 Å². The maximum atomic E-state index is 12.7. The summed E-state index contributed by atoms with van der Waals surface area (Å²) in [7, 11) is 0. The molecule has 0 fully saturated rings. The van der Waals surface area contributed by atoms with Crippen LogP contribution in [-0.4, -0.2) is 28.0 Å². The Morgan fingerprint density at radius 2 is 1.79 bits per heavy atom. The molecular formula is C5H5F4NO4. The second-order valence-corrected chi connectivity index (χ2v) is 2.41. The fourth-order valence-electron chi connectivity index (χ4n) is 0.609. The molecule has 0 saturated heterocycles. The Labute approximate surface area is 74.5 Å². The van der Waals surface area contributed by atoms with Gasteiger partial charge in [0.2, 0.25) is 0 Å². The highest BCUT2D eigenvalue weighted by atomic mass is 19.4. The molecule has 0 aromatic rings. The van der Waals surface area contributed by atoms with E-state index in [2.05, 4.69) is 0 Å². The van der Waals surface area contributed by atoms with Crippen LogP contribution in [0.2, 0.25) is 0 Å². The van der Waals surface area contributed by atoms with E-state index in [1.54, 1.807) is 0 Å². The van der Waals surface area contributed by atoms with Gasteiger partial charge in [-0.05, 0) is 0 Å². The average Bonchev–Trinajstić information content (AvgIpc) is 1.97. The van der Waals surface area contributed by atoms with Crippen LogP contribution in [0.5, 0.6) is 0 Å². The molecule has 0 aliphatic heterocycles. The number of nitrogens with zero attached hydrogens (tertiary/aromatic N) is 1. The Kier molecular flexibility index (Phi) is 3.38. The van der Waals surface area contributed by atoms with E-state index in [4.69, 9.17) is 5.11 Å². The van der Waals surface area contributed by atoms with Crippen LogP contribution in [0.15, 0.2) is 0 Å². The zero-order valence-corrected chi connectivity index (χ0v) is 6.55. The van der Waals surface area contributed by atoms with Crippen LogP contribution in [-0.2, 0) is 4.79 Å². The van der Waals surface area contributed by atoms with Crippen molar-refractivity contribution in [2.75, 3.05) is 0 Å². The molecule has 1 atom stereocenters. The number of alkyl halides is 4. The molecule has 14 heavy (non-hydrogen) atoms. The second-order valence-electron chi connectivity index (χ2n) is 2.41. The van der Waals surface area contributed by atoms with Crippen LogP contribution in [0.3, 0.4) is 0 Å². The van der Waals surface area contributed by atoms with Crippen LogP contribution >= 0.6 is 0 Å². The van der Waals surface area contributed by atoms with Gasteiger partial charge in [-0.15, -0.1) is 0 Å². The monoisotopic (exact) mass is 219 g/mol. The quantitative estimate of drug-likeness (QED) is 0.335. The fraction of sp³-hybridized carbons (Fsp3) is 0.800. The van der Waals surface area contributed by atoms with Gasteiger partial charge in [-0.1, -0.05) is 0 Å². The van der Waals surface area contributed by atoms with Crippen LogP contribution in [0.4, 0.5) is 17.6 Å². The molecule has 5 nitrogen and oxygen atoms in total. The van der Waals surface area contributed by atoms with Crippen molar-refractivity contribution in [3.8, 4) is 0 Å². The number of carbonyl (C=O) groups is 1. The normalized spacial score (nSPS) is 16.0. The highest BCUT2D eigenvalue weighted by molar-refractivity contribution is 5.66. The van der Waals surface area contributed by atoms with Crippen molar-refractivity contribution >= 4 is 5.97 Å². The SMILES string of the molecule is O=C(O)CCC(F)([N+](=O)[O-])C(F)(F)F. The number of hydrogen-bond donors (Lipinski definition) is 1. The summed E-state index contributed by atoms with van der Waals surface area (Å²) in [6, 6.07) is 0. The summed E-state index contributed by atoms with van der Waals surface area (Å²) in [6.07, 6.45) is -8.72. The van der Waals surface area contributed by atoms with Gasteiger partial charge in [0, 0.05) is 0 Å². The van der Waals surface area contributed by atoms with E-state index in [9.17, 15) is 32.5 Å². The van der Waals surface area contributed by atoms with Crippen molar-refractivity contribution in [3.63, 3.8) is 0 Å². The van der Waals surface area contributed by atoms with Gasteiger partial charge < -0.3 is 5.11 Å². The highest BCUT2D eigenvalue weighted by Gasteiger charge is 2.67. The number of rotatable bonds is 4. The lowest BCUT2D eigenvalue weighted by molar-refractivity contribution is -0.650. The Bertz CT molecular complexity index is 253. The standard InChI is InChI=1S/C5H5F4NO4/c6-4(10(13)14,5(7,8)9)2-1-3(11)12/h1-2H2,(H,11,12). The van der Waals surface area contributed by atoms with E-state index in [0.29, 0.717) is 0 Å². The third-order valence-electron chi connectivity index (χ3n) is 1.39. The van der Waals surface area contributed by atoms with E-state index >= 15 is 0 Å². The van der Waals surface area contributed by atoms with Crippen LogP contribution < -0.4 is 0 Å². The van der Waals surface area contributed by atoms with Crippen LogP contribution in [0.1, 0.15) is 12.8 Å². The zero-order chi connectivity index (χ0) is 11.6. The largest absolute Gasteiger partial charge is 0.494 e. The van der Waals surface area contributed by atoms with E-state index in [1.807, 2.05) is 0 Å². The molecule has 82 valence electrons. The van der Waals surface area contributed by atoms with Crippen molar-refractivity contribution in [2.24, 2.45) is 0 Å². The molecule has 9 heteroatoms. The maximum absolute atomic E-state index is 12.7. The third-order valence-corrected chi connectivity index (χ3v) is 1.39. The highest BCUT2D eigenvalue weighted by Crippen LogP contribution is 2.37. The Morgan fingerprint density at radius 3 is 2.00 bits per heavy atom. The van der Waals surface area contributed by atoms with Gasteiger partial charge in [0.25, 0.3) is 0 Å². The third kappa shape index (κ3) is 2.54. The summed E-state index contributed by atoms with van der Waals surface area (Å²) in [5, 5.41) is 17.8. The van der Waals surface area contributed by atoms with Gasteiger partial charge in [0.15, 0.2) is 0 Å². The first-order chi connectivity index (χ1) is 6.11. The molecule has 0 amide bonds. The minimum atomic E-state index is -5.72. The molecule has 0 saturated carbocycles. The molecule has 0 aromatic heterocycles. The molecule has 0 aliphatic rings. The summed E-state index contributed by atoms with van der Waals surface area (Å²) in [5.41, 5.74) is 0. The van der Waals surface area contributed by atoms with Gasteiger partial charge in [-0.3, -0.25) is 14.9 Å². The molecular weight excluding hydrogens is 214 g/mol. The lowest BCUT2D eigenvalue weighted by atomic mass is 10.1. The molecule has 0 rings (SSSR count). The van der Waals surface area contributed by atoms with E-state index < -0.39 is 35.7 Å². The smallest absolute Gasteiger partial charge is 0.481 e. The number of carboxylic acids is 1. The summed E-state index contributed by atoms with van der Waals surface area (Å²) in [4.78, 5) is 17.5. The van der Waals surface area contributed by atoms with E-state index in [1.165, 1.54) is 0 Å². The van der Waals surface area contributed by atoms with E-state index in [0.717, 1.165) is 0 Å². The van der Waals surface area contributed by atoms with Gasteiger partial charge in [-0.2, -0.15) is 17.6 Å². The lowest BCUT2D eigenvalue weighted by Crippen LogP contribution is -2.48. The number of carboxylic acid groups (broad SMARTS) is 1. The Morgan fingerprint density at radius 1 is 1.36 bits per heavy atom. The van der Waals surface area contributed by atoms with Gasteiger partial charge >= 0.3 is 17.9 Å². The first-order valence-corrected chi connectivity index (χ1v) is 3.23. The van der Waals surface area contributed by atoms with Crippen molar-refractivity contribution in [1.29, 1.82) is 0 Å².